The van der Waals surface area contributed by atoms with Gasteiger partial charge in [-0.1, -0.05) is 6.07 Å². The summed E-state index contributed by atoms with van der Waals surface area (Å²) in [6.45, 7) is 0.447. The smallest absolute Gasteiger partial charge is 0.294 e. The van der Waals surface area contributed by atoms with Gasteiger partial charge in [0.2, 0.25) is 0 Å². The summed E-state index contributed by atoms with van der Waals surface area (Å²) in [6, 6.07) is 2.61. The molecule has 2 bridgehead atoms. The summed E-state index contributed by atoms with van der Waals surface area (Å²) >= 11 is 0. The van der Waals surface area contributed by atoms with Gasteiger partial charge in [-0.15, -0.1) is 0 Å². The molecular formula is C16H21NO7S. The van der Waals surface area contributed by atoms with Crippen molar-refractivity contribution in [1.29, 1.82) is 0 Å². The molecule has 2 fully saturated rings. The van der Waals surface area contributed by atoms with Gasteiger partial charge in [0.15, 0.2) is 16.4 Å². The molecule has 1 saturated heterocycles. The molecule has 0 amide bonds. The molecule has 0 radical (unpaired) electrons. The number of fused-ring (bicyclic) bond motifs is 1. The monoisotopic (exact) mass is 371 g/mol. The number of hydrogen-bond donors (Lipinski definition) is 6. The third kappa shape index (κ3) is 1.98. The van der Waals surface area contributed by atoms with Crippen LogP contribution in [-0.2, 0) is 22.0 Å². The molecule has 8 nitrogen and oxygen atoms in total. The normalized spacial score (nSPS) is 40.2. The molecule has 9 heteroatoms. The van der Waals surface area contributed by atoms with Gasteiger partial charge >= 0.3 is 0 Å². The number of piperidine rings is 1. The van der Waals surface area contributed by atoms with Crippen LogP contribution in [0.5, 0.6) is 11.5 Å². The van der Waals surface area contributed by atoms with Crippen molar-refractivity contribution >= 4 is 10.1 Å². The number of aliphatic hydroxyl groups is 2. The van der Waals surface area contributed by atoms with Crippen LogP contribution in [0.15, 0.2) is 12.1 Å². The van der Waals surface area contributed by atoms with E-state index in [0.717, 1.165) is 0 Å². The minimum Gasteiger partial charge on any atom is -0.504 e. The molecule has 1 aromatic carbocycles. The Hall–Kier alpha value is -1.39. The third-order valence-electron chi connectivity index (χ3n) is 6.45. The van der Waals surface area contributed by atoms with E-state index in [0.29, 0.717) is 18.5 Å². The van der Waals surface area contributed by atoms with E-state index in [9.17, 15) is 33.4 Å². The molecule has 1 heterocycles. The van der Waals surface area contributed by atoms with Crippen LogP contribution in [0.3, 0.4) is 0 Å². The SMILES string of the molecule is O=S(=O)(O)C1(O)CC[C@@]2(O)C3Cc4ccc(O)c(O)c4[C@@]2(CCN3)C1. The van der Waals surface area contributed by atoms with E-state index in [1.54, 1.807) is 6.07 Å². The van der Waals surface area contributed by atoms with Gasteiger partial charge in [0, 0.05) is 23.4 Å². The molecule has 2 unspecified atom stereocenters. The van der Waals surface area contributed by atoms with Crippen molar-refractivity contribution in [2.45, 2.75) is 54.1 Å². The van der Waals surface area contributed by atoms with Crippen LogP contribution in [0, 0.1) is 0 Å². The highest BCUT2D eigenvalue weighted by Crippen LogP contribution is 2.61. The number of rotatable bonds is 1. The Balaban J connectivity index is 2.00. The molecule has 3 aliphatic rings. The van der Waals surface area contributed by atoms with Gasteiger partial charge < -0.3 is 25.7 Å². The van der Waals surface area contributed by atoms with Gasteiger partial charge in [-0.3, -0.25) is 4.55 Å². The second kappa shape index (κ2) is 4.86. The topological polar surface area (TPSA) is 147 Å². The Labute approximate surface area is 144 Å². The first-order valence-electron chi connectivity index (χ1n) is 8.24. The lowest BCUT2D eigenvalue weighted by atomic mass is 9.49. The highest BCUT2D eigenvalue weighted by atomic mass is 32.2. The number of hydrogen-bond acceptors (Lipinski definition) is 7. The standard InChI is InChI=1S/C16H21NO7S/c18-10-2-1-9-7-11-16(21)4-3-15(20,25(22,23)24)8-14(16,5-6-17-11)12(9)13(10)19/h1-2,11,17-21H,3-8H2,(H,22,23,24)/t11?,14-,15?,16-/m1/s1. The van der Waals surface area contributed by atoms with Crippen molar-refractivity contribution in [2.24, 2.45) is 0 Å². The summed E-state index contributed by atoms with van der Waals surface area (Å²) in [5.41, 5.74) is -1.74. The summed E-state index contributed by atoms with van der Waals surface area (Å²) in [5.74, 6) is -0.774. The molecule has 25 heavy (non-hydrogen) atoms. The summed E-state index contributed by atoms with van der Waals surface area (Å²) in [7, 11) is -4.79. The fourth-order valence-electron chi connectivity index (χ4n) is 5.22. The number of benzene rings is 1. The molecular weight excluding hydrogens is 350 g/mol. The summed E-state index contributed by atoms with van der Waals surface area (Å²) in [6.07, 6.45) is -0.155. The maximum Gasteiger partial charge on any atom is 0.294 e. The molecule has 1 aromatic rings. The average Bonchev–Trinajstić information content (AvgIpc) is 2.50. The minimum atomic E-state index is -4.79. The van der Waals surface area contributed by atoms with Gasteiger partial charge in [-0.2, -0.15) is 8.42 Å². The van der Waals surface area contributed by atoms with Crippen molar-refractivity contribution < 1.29 is 33.4 Å². The Kier molecular flexibility index (Phi) is 3.31. The van der Waals surface area contributed by atoms with Gasteiger partial charge in [-0.25, -0.2) is 0 Å². The van der Waals surface area contributed by atoms with Crippen LogP contribution in [0.4, 0.5) is 0 Å². The molecule has 6 N–H and O–H groups in total. The van der Waals surface area contributed by atoms with E-state index in [4.69, 9.17) is 0 Å². The predicted molar refractivity (Wildman–Crippen MR) is 86.9 cm³/mol. The highest BCUT2D eigenvalue weighted by Gasteiger charge is 2.68. The summed E-state index contributed by atoms with van der Waals surface area (Å²) in [5, 5.41) is 45.8. The van der Waals surface area contributed by atoms with E-state index < -0.39 is 38.2 Å². The van der Waals surface area contributed by atoms with Crippen molar-refractivity contribution in [3.63, 3.8) is 0 Å². The van der Waals surface area contributed by atoms with Crippen LogP contribution in [0.2, 0.25) is 0 Å². The largest absolute Gasteiger partial charge is 0.504 e. The lowest BCUT2D eigenvalue weighted by Crippen LogP contribution is -2.74. The summed E-state index contributed by atoms with van der Waals surface area (Å²) < 4.78 is 33.2. The van der Waals surface area contributed by atoms with Crippen LogP contribution in [-0.4, -0.2) is 56.5 Å². The van der Waals surface area contributed by atoms with Crippen LogP contribution < -0.4 is 5.32 Å². The zero-order valence-electron chi connectivity index (χ0n) is 13.4. The van der Waals surface area contributed by atoms with Gasteiger partial charge in [-0.05, 0) is 43.9 Å². The Morgan fingerprint density at radius 1 is 1.12 bits per heavy atom. The third-order valence-corrected chi connectivity index (χ3v) is 7.76. The zero-order chi connectivity index (χ0) is 18.3. The van der Waals surface area contributed by atoms with Gasteiger partial charge in [0.05, 0.1) is 5.60 Å². The first-order valence-corrected chi connectivity index (χ1v) is 9.68. The van der Waals surface area contributed by atoms with E-state index in [1.165, 1.54) is 6.07 Å². The van der Waals surface area contributed by atoms with Crippen molar-refractivity contribution in [3.05, 3.63) is 23.3 Å². The molecule has 0 aromatic heterocycles. The number of nitrogens with one attached hydrogen (secondary N) is 1. The second-order valence-electron chi connectivity index (χ2n) is 7.53. The van der Waals surface area contributed by atoms with E-state index in [1.807, 2.05) is 0 Å². The zero-order valence-corrected chi connectivity index (χ0v) is 14.3. The summed E-state index contributed by atoms with van der Waals surface area (Å²) in [4.78, 5) is -2.41. The molecule has 2 aliphatic carbocycles. The number of phenolic OH excluding ortho intramolecular Hbond substituents is 2. The van der Waals surface area contributed by atoms with Crippen LogP contribution in [0.1, 0.15) is 36.8 Å². The molecule has 0 spiro atoms. The first-order chi connectivity index (χ1) is 11.5. The molecule has 1 aliphatic heterocycles. The van der Waals surface area contributed by atoms with Crippen LogP contribution in [0.25, 0.3) is 0 Å². The van der Waals surface area contributed by atoms with Crippen molar-refractivity contribution in [3.8, 4) is 11.5 Å². The highest BCUT2D eigenvalue weighted by molar-refractivity contribution is 7.87. The van der Waals surface area contributed by atoms with Gasteiger partial charge in [0.1, 0.15) is 0 Å². The fraction of sp³-hybridized carbons (Fsp3) is 0.625. The molecule has 4 rings (SSSR count). The fourth-order valence-corrected chi connectivity index (χ4v) is 6.01. The molecule has 4 atom stereocenters. The number of phenols is 2. The van der Waals surface area contributed by atoms with E-state index >= 15 is 0 Å². The van der Waals surface area contributed by atoms with Crippen LogP contribution >= 0.6 is 0 Å². The Morgan fingerprint density at radius 3 is 2.52 bits per heavy atom. The van der Waals surface area contributed by atoms with Crippen molar-refractivity contribution in [2.75, 3.05) is 6.54 Å². The second-order valence-corrected chi connectivity index (χ2v) is 9.24. The van der Waals surface area contributed by atoms with Gasteiger partial charge in [0.25, 0.3) is 10.1 Å². The quantitative estimate of drug-likeness (QED) is 0.292. The lowest BCUT2D eigenvalue weighted by Gasteiger charge is -2.62. The number of aromatic hydroxyl groups is 2. The maximum atomic E-state index is 11.8. The first kappa shape index (κ1) is 17.0. The van der Waals surface area contributed by atoms with Crippen molar-refractivity contribution in [1.82, 2.24) is 5.32 Å². The predicted octanol–water partition coefficient (Wildman–Crippen LogP) is -0.255. The average molecular weight is 371 g/mol. The Morgan fingerprint density at radius 2 is 1.84 bits per heavy atom. The van der Waals surface area contributed by atoms with E-state index in [2.05, 4.69) is 5.32 Å². The minimum absolute atomic E-state index is 0.0600. The maximum absolute atomic E-state index is 11.8. The molecule has 138 valence electrons. The lowest BCUT2D eigenvalue weighted by molar-refractivity contribution is -0.156. The molecule has 1 saturated carbocycles. The Bertz CT molecular complexity index is 856. The van der Waals surface area contributed by atoms with E-state index in [-0.39, 0.29) is 36.6 Å².